The third-order valence-electron chi connectivity index (χ3n) is 17.8. The third kappa shape index (κ3) is 43.5. The van der Waals surface area contributed by atoms with Crippen molar-refractivity contribution in [3.63, 3.8) is 0 Å². The second-order valence-corrected chi connectivity index (χ2v) is 24.9. The summed E-state index contributed by atoms with van der Waals surface area (Å²) in [4.78, 5) is 19.4. The van der Waals surface area contributed by atoms with Gasteiger partial charge in [-0.05, 0) is 88.8 Å². The van der Waals surface area contributed by atoms with E-state index in [0.29, 0.717) is 11.9 Å². The Morgan fingerprint density at radius 1 is 0.333 bits per heavy atom. The SMILES string of the molecule is CCCCCCCCCCN(C(=O)CCCN1CCCC1)C(CCCCCCCCC)CCCCCCCCC(CC(CCCCCC)CCCCCCCC)CC(CCCCCC)CCCCCCCC. The smallest absolute Gasteiger partial charge is 0.222 e. The van der Waals surface area contributed by atoms with Crippen LogP contribution in [0, 0.1) is 17.8 Å². The van der Waals surface area contributed by atoms with Crippen LogP contribution < -0.4 is 0 Å². The number of unbranched alkanes of at least 4 members (excludes halogenated alkanes) is 34. The maximum absolute atomic E-state index is 14.3. The number of hydrogen-bond acceptors (Lipinski definition) is 2. The minimum absolute atomic E-state index is 0.461. The molecule has 72 heavy (non-hydrogen) atoms. The van der Waals surface area contributed by atoms with Gasteiger partial charge in [0.15, 0.2) is 0 Å². The summed E-state index contributed by atoms with van der Waals surface area (Å²) in [6, 6.07) is 0.461. The molecule has 1 aliphatic rings. The Morgan fingerprint density at radius 3 is 0.958 bits per heavy atom. The maximum atomic E-state index is 14.3. The number of likely N-dealkylation sites (tertiary alicyclic amines) is 1. The average Bonchev–Trinajstić information content (AvgIpc) is 3.91. The number of carbonyl (C=O) groups is 1. The molecule has 0 spiro atoms. The predicted molar refractivity (Wildman–Crippen MR) is 326 cm³/mol. The van der Waals surface area contributed by atoms with E-state index in [-0.39, 0.29) is 0 Å². The highest BCUT2D eigenvalue weighted by molar-refractivity contribution is 5.76. The fraction of sp³-hybridized carbons (Fsp3) is 0.986. The molecule has 0 N–H and O–H groups in total. The molecule has 0 aliphatic carbocycles. The van der Waals surface area contributed by atoms with Gasteiger partial charge in [-0.25, -0.2) is 0 Å². The summed E-state index contributed by atoms with van der Waals surface area (Å²) in [5.74, 6) is 3.37. The molecule has 3 unspecified atom stereocenters. The lowest BCUT2D eigenvalue weighted by Gasteiger charge is -2.33. The zero-order chi connectivity index (χ0) is 52.1. The Morgan fingerprint density at radius 2 is 0.611 bits per heavy atom. The lowest BCUT2D eigenvalue weighted by Crippen LogP contribution is -2.41. The van der Waals surface area contributed by atoms with Crippen LogP contribution in [0.3, 0.4) is 0 Å². The van der Waals surface area contributed by atoms with E-state index < -0.39 is 0 Å². The summed E-state index contributed by atoms with van der Waals surface area (Å²) < 4.78 is 0. The Hall–Kier alpha value is -0.570. The standard InChI is InChI=1S/C69H138N2O/c1-7-13-19-25-29-33-39-47-62-71(69(72)58-50-61-70-59-48-49-60-70)68(56-45-37-30-26-20-14-8-2)57-46-38-32-31-36-44-55-67(63-65(51-40-23-17-11-5)53-42-34-27-21-15-9-3)64-66(52-41-24-18-12-6)54-43-35-28-22-16-10-4/h65-68H,7-64H2,1-6H3. The van der Waals surface area contributed by atoms with Crippen molar-refractivity contribution in [1.29, 1.82) is 0 Å². The van der Waals surface area contributed by atoms with Crippen LogP contribution in [-0.4, -0.2) is 47.9 Å². The van der Waals surface area contributed by atoms with Crippen LogP contribution in [0.5, 0.6) is 0 Å². The highest BCUT2D eigenvalue weighted by Gasteiger charge is 2.24. The number of amides is 1. The van der Waals surface area contributed by atoms with Gasteiger partial charge in [0.2, 0.25) is 5.91 Å². The van der Waals surface area contributed by atoms with Gasteiger partial charge in [0.25, 0.3) is 0 Å². The molecule has 0 bridgehead atoms. The lowest BCUT2D eigenvalue weighted by atomic mass is 9.78. The molecule has 3 heteroatoms. The van der Waals surface area contributed by atoms with Gasteiger partial charge in [-0.1, -0.05) is 330 Å². The fourth-order valence-electron chi connectivity index (χ4n) is 13.0. The molecule has 0 radical (unpaired) electrons. The molecule has 0 aromatic rings. The molecule has 3 atom stereocenters. The van der Waals surface area contributed by atoms with Crippen molar-refractivity contribution in [1.82, 2.24) is 9.80 Å². The first-order chi connectivity index (χ1) is 35.5. The highest BCUT2D eigenvalue weighted by Crippen LogP contribution is 2.35. The second kappa shape index (κ2) is 55.2. The molecule has 1 aliphatic heterocycles. The van der Waals surface area contributed by atoms with Crippen molar-refractivity contribution in [2.24, 2.45) is 17.8 Å². The van der Waals surface area contributed by atoms with Gasteiger partial charge in [0, 0.05) is 19.0 Å². The molecule has 3 nitrogen and oxygen atoms in total. The molecule has 0 aromatic heterocycles. The largest absolute Gasteiger partial charge is 0.340 e. The van der Waals surface area contributed by atoms with Crippen molar-refractivity contribution in [2.45, 2.75) is 394 Å². The van der Waals surface area contributed by atoms with Gasteiger partial charge < -0.3 is 9.80 Å². The predicted octanol–water partition coefficient (Wildman–Crippen LogP) is 23.5. The average molecular weight is 1010 g/mol. The Kier molecular flexibility index (Phi) is 53.2. The molecular formula is C69H138N2O. The van der Waals surface area contributed by atoms with E-state index in [9.17, 15) is 4.79 Å². The van der Waals surface area contributed by atoms with E-state index in [0.717, 1.165) is 43.7 Å². The lowest BCUT2D eigenvalue weighted by molar-refractivity contribution is -0.134. The Bertz CT molecular complexity index is 1020. The first-order valence-corrected chi connectivity index (χ1v) is 34.5. The van der Waals surface area contributed by atoms with E-state index >= 15 is 0 Å². The first-order valence-electron chi connectivity index (χ1n) is 34.5. The van der Waals surface area contributed by atoms with Crippen molar-refractivity contribution in [3.8, 4) is 0 Å². The summed E-state index contributed by atoms with van der Waals surface area (Å²) in [6.07, 6.45) is 75.0. The zero-order valence-electron chi connectivity index (χ0n) is 51.1. The van der Waals surface area contributed by atoms with Crippen molar-refractivity contribution >= 4 is 5.91 Å². The number of hydrogen-bond donors (Lipinski definition) is 0. The van der Waals surface area contributed by atoms with E-state index in [1.54, 1.807) is 0 Å². The van der Waals surface area contributed by atoms with Gasteiger partial charge >= 0.3 is 0 Å². The quantitative estimate of drug-likeness (QED) is 0.0567. The molecule has 0 saturated carbocycles. The summed E-state index contributed by atoms with van der Waals surface area (Å²) in [5, 5.41) is 0. The van der Waals surface area contributed by atoms with Crippen molar-refractivity contribution < 1.29 is 4.79 Å². The maximum Gasteiger partial charge on any atom is 0.222 e. The summed E-state index contributed by atoms with van der Waals surface area (Å²) in [6.45, 7) is 18.8. The molecule has 1 heterocycles. The van der Waals surface area contributed by atoms with Crippen molar-refractivity contribution in [3.05, 3.63) is 0 Å². The van der Waals surface area contributed by atoms with Crippen LogP contribution in [0.1, 0.15) is 388 Å². The van der Waals surface area contributed by atoms with E-state index in [4.69, 9.17) is 0 Å². The van der Waals surface area contributed by atoms with Crippen LogP contribution in [0.4, 0.5) is 0 Å². The van der Waals surface area contributed by atoms with Crippen LogP contribution in [0.2, 0.25) is 0 Å². The molecule has 1 saturated heterocycles. The Labute approximate surface area is 456 Å². The zero-order valence-corrected chi connectivity index (χ0v) is 51.1. The van der Waals surface area contributed by atoms with Crippen LogP contribution in [0.15, 0.2) is 0 Å². The molecule has 1 rings (SSSR count). The Balaban J connectivity index is 3.00. The monoisotopic (exact) mass is 1010 g/mol. The topological polar surface area (TPSA) is 23.6 Å². The summed E-state index contributed by atoms with van der Waals surface area (Å²) >= 11 is 0. The molecule has 1 fully saturated rings. The molecule has 1 amide bonds. The van der Waals surface area contributed by atoms with E-state index in [1.165, 1.54) is 347 Å². The van der Waals surface area contributed by atoms with Crippen LogP contribution in [-0.2, 0) is 4.79 Å². The molecule has 0 aromatic carbocycles. The normalized spacial score (nSPS) is 14.9. The number of nitrogens with zero attached hydrogens (tertiary/aromatic N) is 2. The van der Waals surface area contributed by atoms with Gasteiger partial charge in [-0.2, -0.15) is 0 Å². The first kappa shape index (κ1) is 69.4. The van der Waals surface area contributed by atoms with Gasteiger partial charge in [0.1, 0.15) is 0 Å². The number of carbonyl (C=O) groups excluding carboxylic acids is 1. The fourth-order valence-corrected chi connectivity index (χ4v) is 13.0. The summed E-state index contributed by atoms with van der Waals surface area (Å²) in [7, 11) is 0. The minimum atomic E-state index is 0.461. The van der Waals surface area contributed by atoms with Gasteiger partial charge in [0.05, 0.1) is 0 Å². The minimum Gasteiger partial charge on any atom is -0.340 e. The van der Waals surface area contributed by atoms with Crippen LogP contribution >= 0.6 is 0 Å². The van der Waals surface area contributed by atoms with Crippen LogP contribution in [0.25, 0.3) is 0 Å². The second-order valence-electron chi connectivity index (χ2n) is 24.9. The van der Waals surface area contributed by atoms with Gasteiger partial charge in [-0.3, -0.25) is 4.79 Å². The third-order valence-corrected chi connectivity index (χ3v) is 17.8. The van der Waals surface area contributed by atoms with Crippen molar-refractivity contribution in [2.75, 3.05) is 26.2 Å². The molecular weight excluding hydrogens is 873 g/mol. The highest BCUT2D eigenvalue weighted by atomic mass is 16.2. The number of rotatable bonds is 59. The van der Waals surface area contributed by atoms with E-state index in [1.807, 2.05) is 0 Å². The summed E-state index contributed by atoms with van der Waals surface area (Å²) in [5.41, 5.74) is 0. The molecule has 430 valence electrons. The van der Waals surface area contributed by atoms with Gasteiger partial charge in [-0.15, -0.1) is 0 Å². The van der Waals surface area contributed by atoms with E-state index in [2.05, 4.69) is 51.3 Å².